The van der Waals surface area contributed by atoms with Gasteiger partial charge in [0, 0.05) is 31.6 Å². The number of piperidine rings is 1. The van der Waals surface area contributed by atoms with Crippen LogP contribution in [0.1, 0.15) is 26.2 Å². The van der Waals surface area contributed by atoms with E-state index in [0.29, 0.717) is 12.1 Å². The summed E-state index contributed by atoms with van der Waals surface area (Å²) in [6.07, 6.45) is 13.7. The Bertz CT molecular complexity index is 251. The Morgan fingerprint density at radius 2 is 2.00 bits per heavy atom. The maximum absolute atomic E-state index is 5.28. The van der Waals surface area contributed by atoms with E-state index in [9.17, 15) is 0 Å². The average Bonchev–Trinajstić information content (AvgIpc) is 2.22. The molecule has 1 aliphatic rings. The number of nitrogens with one attached hydrogen (secondary N) is 1. The monoisotopic (exact) mass is 204 g/mol. The van der Waals surface area contributed by atoms with Crippen molar-refractivity contribution in [2.45, 2.75) is 38.3 Å². The normalized spacial score (nSPS) is 20.5. The summed E-state index contributed by atoms with van der Waals surface area (Å²) in [4.78, 5) is 2.32. The average molecular weight is 204 g/mol. The Labute approximate surface area is 93.4 Å². The largest absolute Gasteiger partial charge is 0.310 e. The van der Waals surface area contributed by atoms with Crippen molar-refractivity contribution in [3.8, 4) is 24.7 Å². The second-order valence-electron chi connectivity index (χ2n) is 4.23. The van der Waals surface area contributed by atoms with Gasteiger partial charge in [-0.2, -0.15) is 0 Å². The van der Waals surface area contributed by atoms with Crippen LogP contribution in [0.3, 0.4) is 0 Å². The van der Waals surface area contributed by atoms with Gasteiger partial charge in [0.05, 0.1) is 6.54 Å². The van der Waals surface area contributed by atoms with Crippen LogP contribution in [0.4, 0.5) is 0 Å². The molecule has 1 N–H and O–H groups in total. The number of likely N-dealkylation sites (tertiary alicyclic amines) is 1. The molecule has 0 amide bonds. The van der Waals surface area contributed by atoms with Gasteiger partial charge in [0.1, 0.15) is 0 Å². The van der Waals surface area contributed by atoms with Crippen molar-refractivity contribution >= 4 is 0 Å². The molecule has 0 aromatic rings. The highest BCUT2D eigenvalue weighted by Crippen LogP contribution is 2.10. The van der Waals surface area contributed by atoms with Gasteiger partial charge in [-0.1, -0.05) is 5.92 Å². The third kappa shape index (κ3) is 4.38. The molecule has 1 aliphatic heterocycles. The molecule has 0 spiro atoms. The lowest BCUT2D eigenvalue weighted by molar-refractivity contribution is 0.211. The maximum Gasteiger partial charge on any atom is 0.0598 e. The summed E-state index contributed by atoms with van der Waals surface area (Å²) in [5.41, 5.74) is 0. The number of terminal acetylenes is 2. The van der Waals surface area contributed by atoms with E-state index in [1.807, 2.05) is 0 Å². The number of hydrogen-bond donors (Lipinski definition) is 1. The highest BCUT2D eigenvalue weighted by atomic mass is 15.1. The maximum atomic E-state index is 5.28. The minimum atomic E-state index is 0.430. The zero-order valence-corrected chi connectivity index (χ0v) is 9.50. The van der Waals surface area contributed by atoms with Crippen molar-refractivity contribution in [3.05, 3.63) is 0 Å². The Kier molecular flexibility index (Phi) is 5.26. The molecule has 0 aromatic carbocycles. The van der Waals surface area contributed by atoms with Crippen LogP contribution in [0, 0.1) is 24.7 Å². The first-order valence-corrected chi connectivity index (χ1v) is 5.61. The minimum Gasteiger partial charge on any atom is -0.310 e. The van der Waals surface area contributed by atoms with Crippen molar-refractivity contribution in [1.82, 2.24) is 10.2 Å². The van der Waals surface area contributed by atoms with Crippen LogP contribution < -0.4 is 5.32 Å². The van der Waals surface area contributed by atoms with Gasteiger partial charge in [0.15, 0.2) is 0 Å². The summed E-state index contributed by atoms with van der Waals surface area (Å²) in [6, 6.07) is 1.04. The smallest absolute Gasteiger partial charge is 0.0598 e. The van der Waals surface area contributed by atoms with Gasteiger partial charge in [-0.15, -0.1) is 18.8 Å². The van der Waals surface area contributed by atoms with Gasteiger partial charge in [-0.25, -0.2) is 0 Å². The van der Waals surface area contributed by atoms with Gasteiger partial charge in [-0.3, -0.25) is 4.90 Å². The molecule has 1 fully saturated rings. The predicted molar refractivity (Wildman–Crippen MR) is 64.3 cm³/mol. The first-order chi connectivity index (χ1) is 7.26. The Morgan fingerprint density at radius 1 is 1.33 bits per heavy atom. The van der Waals surface area contributed by atoms with Gasteiger partial charge in [0.25, 0.3) is 0 Å². The van der Waals surface area contributed by atoms with Crippen LogP contribution in [-0.4, -0.2) is 36.6 Å². The molecular formula is C13H20N2. The van der Waals surface area contributed by atoms with Gasteiger partial charge < -0.3 is 5.32 Å². The molecule has 0 saturated carbocycles. The Balaban J connectivity index is 2.20. The van der Waals surface area contributed by atoms with Crippen molar-refractivity contribution in [2.75, 3.05) is 19.6 Å². The zero-order valence-electron chi connectivity index (χ0n) is 9.50. The van der Waals surface area contributed by atoms with Crippen LogP contribution in [0.2, 0.25) is 0 Å². The lowest BCUT2D eigenvalue weighted by Gasteiger charge is -2.32. The molecule has 82 valence electrons. The van der Waals surface area contributed by atoms with Gasteiger partial charge in [0.2, 0.25) is 0 Å². The van der Waals surface area contributed by atoms with Crippen molar-refractivity contribution in [1.29, 1.82) is 0 Å². The van der Waals surface area contributed by atoms with Crippen molar-refractivity contribution in [3.63, 3.8) is 0 Å². The summed E-state index contributed by atoms with van der Waals surface area (Å²) in [6.45, 7) is 5.13. The molecule has 1 saturated heterocycles. The summed E-state index contributed by atoms with van der Waals surface area (Å²) in [7, 11) is 0. The highest BCUT2D eigenvalue weighted by molar-refractivity contribution is 4.92. The fraction of sp³-hybridized carbons (Fsp3) is 0.692. The minimum absolute atomic E-state index is 0.430. The van der Waals surface area contributed by atoms with Crippen LogP contribution in [0.25, 0.3) is 0 Å². The first-order valence-electron chi connectivity index (χ1n) is 5.61. The predicted octanol–water partition coefficient (Wildman–Crippen LogP) is 1.09. The summed E-state index contributed by atoms with van der Waals surface area (Å²) in [5, 5.41) is 3.56. The second-order valence-corrected chi connectivity index (χ2v) is 4.23. The third-order valence-electron chi connectivity index (χ3n) is 2.85. The molecule has 0 aliphatic carbocycles. The van der Waals surface area contributed by atoms with E-state index in [1.165, 1.54) is 12.8 Å². The van der Waals surface area contributed by atoms with E-state index in [2.05, 4.69) is 29.0 Å². The van der Waals surface area contributed by atoms with Crippen molar-refractivity contribution < 1.29 is 0 Å². The molecule has 1 rings (SSSR count). The summed E-state index contributed by atoms with van der Waals surface area (Å²) < 4.78 is 0. The molecule has 0 bridgehead atoms. The van der Waals surface area contributed by atoms with Crippen LogP contribution in [-0.2, 0) is 0 Å². The van der Waals surface area contributed by atoms with E-state index in [0.717, 1.165) is 26.1 Å². The number of rotatable bonds is 4. The van der Waals surface area contributed by atoms with E-state index in [4.69, 9.17) is 12.8 Å². The number of nitrogens with zero attached hydrogens (tertiary/aromatic N) is 1. The van der Waals surface area contributed by atoms with E-state index >= 15 is 0 Å². The molecule has 2 heteroatoms. The molecule has 0 radical (unpaired) electrons. The standard InChI is InChI=1S/C13H20N2/c1-4-6-12(3)14-13-7-10-15(9-5-2)11-8-13/h1-2,12-14H,6-11H2,3H3. The fourth-order valence-electron chi connectivity index (χ4n) is 2.02. The summed E-state index contributed by atoms with van der Waals surface area (Å²) >= 11 is 0. The van der Waals surface area contributed by atoms with E-state index in [1.54, 1.807) is 0 Å². The molecule has 0 aromatic heterocycles. The van der Waals surface area contributed by atoms with E-state index < -0.39 is 0 Å². The summed E-state index contributed by atoms with van der Waals surface area (Å²) in [5.74, 6) is 5.38. The second kappa shape index (κ2) is 6.51. The lowest BCUT2D eigenvalue weighted by Crippen LogP contribution is -2.45. The van der Waals surface area contributed by atoms with E-state index in [-0.39, 0.29) is 0 Å². The highest BCUT2D eigenvalue weighted by Gasteiger charge is 2.19. The molecule has 1 unspecified atom stereocenters. The topological polar surface area (TPSA) is 15.3 Å². The fourth-order valence-corrected chi connectivity index (χ4v) is 2.02. The quantitative estimate of drug-likeness (QED) is 0.690. The first kappa shape index (κ1) is 12.1. The molecule has 2 nitrogen and oxygen atoms in total. The van der Waals surface area contributed by atoms with Gasteiger partial charge in [-0.05, 0) is 19.8 Å². The van der Waals surface area contributed by atoms with Crippen LogP contribution >= 0.6 is 0 Å². The molecule has 15 heavy (non-hydrogen) atoms. The number of hydrogen-bond acceptors (Lipinski definition) is 2. The SMILES string of the molecule is C#CCC(C)NC1CCN(CC#C)CC1. The van der Waals surface area contributed by atoms with Crippen molar-refractivity contribution in [2.24, 2.45) is 0 Å². The van der Waals surface area contributed by atoms with Crippen LogP contribution in [0.15, 0.2) is 0 Å². The molecule has 1 heterocycles. The van der Waals surface area contributed by atoms with Crippen LogP contribution in [0.5, 0.6) is 0 Å². The Hall–Kier alpha value is -0.960. The third-order valence-corrected chi connectivity index (χ3v) is 2.85. The lowest BCUT2D eigenvalue weighted by atomic mass is 10.0. The molecule has 1 atom stereocenters. The van der Waals surface area contributed by atoms with Gasteiger partial charge >= 0.3 is 0 Å². The zero-order chi connectivity index (χ0) is 11.1. The molecular weight excluding hydrogens is 184 g/mol. The Morgan fingerprint density at radius 3 is 2.53 bits per heavy atom.